The van der Waals surface area contributed by atoms with E-state index in [1.807, 2.05) is 25.1 Å². The van der Waals surface area contributed by atoms with Gasteiger partial charge in [-0.15, -0.1) is 0 Å². The lowest BCUT2D eigenvalue weighted by Crippen LogP contribution is -2.60. The normalized spacial score (nSPS) is 22.6. The quantitative estimate of drug-likeness (QED) is 0.423. The first-order chi connectivity index (χ1) is 18.0. The monoisotopic (exact) mass is 561 g/mol. The molecule has 2 heterocycles. The third kappa shape index (κ3) is 7.22. The maximum Gasteiger partial charge on any atom is 0.251 e. The van der Waals surface area contributed by atoms with E-state index in [0.717, 1.165) is 43.9 Å². The van der Waals surface area contributed by atoms with Crippen molar-refractivity contribution >= 4 is 26.0 Å². The summed E-state index contributed by atoms with van der Waals surface area (Å²) in [5, 5.41) is 2.51. The summed E-state index contributed by atoms with van der Waals surface area (Å²) in [6, 6.07) is 17.1. The summed E-state index contributed by atoms with van der Waals surface area (Å²) in [6.45, 7) is 2.82. The number of nitrogens with zero attached hydrogens (tertiary/aromatic N) is 2. The lowest BCUT2D eigenvalue weighted by Gasteiger charge is -2.37. The minimum Gasteiger partial charge on any atom is -0.347 e. The van der Waals surface area contributed by atoms with E-state index in [-0.39, 0.29) is 36.3 Å². The fourth-order valence-corrected chi connectivity index (χ4v) is 8.35. The van der Waals surface area contributed by atoms with E-state index < -0.39 is 20.0 Å². The second-order valence-corrected chi connectivity index (χ2v) is 14.8. The van der Waals surface area contributed by atoms with E-state index in [4.69, 9.17) is 0 Å². The Kier molecular flexibility index (Phi) is 9.28. The smallest absolute Gasteiger partial charge is 0.251 e. The van der Waals surface area contributed by atoms with E-state index >= 15 is 0 Å². The van der Waals surface area contributed by atoms with Gasteiger partial charge < -0.3 is 5.32 Å². The fraction of sp³-hybridized carbons (Fsp3) is 0.536. The summed E-state index contributed by atoms with van der Waals surface area (Å²) >= 11 is 0. The molecule has 8 nitrogen and oxygen atoms in total. The number of aryl methyl sites for hydroxylation is 1. The molecular formula is C28H39N3O5S2. The summed E-state index contributed by atoms with van der Waals surface area (Å²) in [5.41, 5.74) is 2.63. The average Bonchev–Trinajstić information content (AvgIpc) is 2.85. The van der Waals surface area contributed by atoms with Gasteiger partial charge in [0.05, 0.1) is 17.5 Å². The maximum atomic E-state index is 13.5. The zero-order valence-corrected chi connectivity index (χ0v) is 23.9. The van der Waals surface area contributed by atoms with Crippen LogP contribution in [0.2, 0.25) is 0 Å². The third-order valence-corrected chi connectivity index (χ3v) is 11.4. The number of amides is 1. The molecule has 0 aliphatic carbocycles. The number of carbonyl (C=O) groups excluding carboxylic acids is 1. The first-order valence-electron chi connectivity index (χ1n) is 13.4. The third-order valence-electron chi connectivity index (χ3n) is 7.69. The molecule has 208 valence electrons. The number of hydrogen-bond acceptors (Lipinski definition) is 5. The van der Waals surface area contributed by atoms with Crippen LogP contribution in [-0.2, 0) is 33.0 Å². The van der Waals surface area contributed by atoms with Crippen LogP contribution in [-0.4, -0.2) is 68.0 Å². The van der Waals surface area contributed by atoms with Crippen LogP contribution in [0.1, 0.15) is 66.9 Å². The van der Waals surface area contributed by atoms with Gasteiger partial charge in [-0.3, -0.25) is 4.79 Å². The summed E-state index contributed by atoms with van der Waals surface area (Å²) in [4.78, 5) is 12.5. The molecule has 0 aromatic heterocycles. The molecular weight excluding hydrogens is 522 g/mol. The number of nitrogens with one attached hydrogen (secondary N) is 1. The first kappa shape index (κ1) is 28.7. The van der Waals surface area contributed by atoms with Crippen molar-refractivity contribution in [3.63, 3.8) is 0 Å². The van der Waals surface area contributed by atoms with Gasteiger partial charge in [0.25, 0.3) is 5.91 Å². The standard InChI is InChI=1S/C28H39N3O5S2/c1-22-13-18-27(12-8-4-7-11-23-9-5-3-6-10-23)38(35,36)31(22)19-24-14-16-25(17-15-24)28(32)29-26-20-30(21-26)37(2,33)34/h3,5-6,9-10,14-17,22,26-27H,4,7-8,11-13,18-21H2,1-2H3,(H,29,32). The Bertz CT molecular complexity index is 1290. The van der Waals surface area contributed by atoms with Gasteiger partial charge in [-0.1, -0.05) is 55.3 Å². The van der Waals surface area contributed by atoms with Gasteiger partial charge in [0, 0.05) is 31.2 Å². The van der Waals surface area contributed by atoms with Crippen LogP contribution < -0.4 is 5.32 Å². The number of benzene rings is 2. The minimum absolute atomic E-state index is 0.0614. The number of rotatable bonds is 11. The van der Waals surface area contributed by atoms with Crippen LogP contribution in [0.3, 0.4) is 0 Å². The summed E-state index contributed by atoms with van der Waals surface area (Å²) in [7, 11) is -6.63. The second kappa shape index (κ2) is 12.3. The van der Waals surface area contributed by atoms with Crippen molar-refractivity contribution in [1.29, 1.82) is 0 Å². The lowest BCUT2D eigenvalue weighted by molar-refractivity contribution is 0.0896. The highest BCUT2D eigenvalue weighted by molar-refractivity contribution is 7.89. The van der Waals surface area contributed by atoms with E-state index in [0.29, 0.717) is 24.9 Å². The Morgan fingerprint density at radius 1 is 0.947 bits per heavy atom. The van der Waals surface area contributed by atoms with Gasteiger partial charge in [0.15, 0.2) is 0 Å². The van der Waals surface area contributed by atoms with Gasteiger partial charge in [-0.05, 0) is 62.3 Å². The molecule has 1 N–H and O–H groups in total. The molecule has 2 fully saturated rings. The van der Waals surface area contributed by atoms with Gasteiger partial charge in [0.2, 0.25) is 20.0 Å². The molecule has 2 unspecified atom stereocenters. The Labute approximate surface area is 227 Å². The molecule has 1 amide bonds. The van der Waals surface area contributed by atoms with Crippen LogP contribution in [0.25, 0.3) is 0 Å². The Hall–Kier alpha value is -2.27. The SMILES string of the molecule is CC1CCC(CCCCCc2ccccc2)S(=O)(=O)N1Cc1ccc(C(=O)NC2CN(S(C)(=O)=O)C2)cc1. The largest absolute Gasteiger partial charge is 0.347 e. The van der Waals surface area contributed by atoms with Gasteiger partial charge >= 0.3 is 0 Å². The van der Waals surface area contributed by atoms with Crippen molar-refractivity contribution in [2.75, 3.05) is 19.3 Å². The number of carbonyl (C=O) groups is 1. The van der Waals surface area contributed by atoms with Crippen molar-refractivity contribution in [2.45, 2.75) is 75.7 Å². The molecule has 0 bridgehead atoms. The van der Waals surface area contributed by atoms with Crippen LogP contribution in [0.15, 0.2) is 54.6 Å². The lowest BCUT2D eigenvalue weighted by atomic mass is 10.0. The molecule has 0 radical (unpaired) electrons. The number of sulfonamides is 2. The molecule has 2 aromatic rings. The van der Waals surface area contributed by atoms with Crippen molar-refractivity contribution in [3.8, 4) is 0 Å². The predicted molar refractivity (Wildman–Crippen MR) is 150 cm³/mol. The van der Waals surface area contributed by atoms with Gasteiger partial charge in [-0.25, -0.2) is 16.8 Å². The topological polar surface area (TPSA) is 104 Å². The molecule has 0 spiro atoms. The highest BCUT2D eigenvalue weighted by Crippen LogP contribution is 2.31. The van der Waals surface area contributed by atoms with Crippen LogP contribution in [0.5, 0.6) is 0 Å². The summed E-state index contributed by atoms with van der Waals surface area (Å²) in [6.07, 6.45) is 7.41. The van der Waals surface area contributed by atoms with E-state index in [1.165, 1.54) is 9.87 Å². The van der Waals surface area contributed by atoms with Gasteiger partial charge in [0.1, 0.15) is 0 Å². The Balaban J connectivity index is 1.27. The van der Waals surface area contributed by atoms with E-state index in [9.17, 15) is 21.6 Å². The van der Waals surface area contributed by atoms with Crippen LogP contribution >= 0.6 is 0 Å². The molecule has 4 rings (SSSR count). The highest BCUT2D eigenvalue weighted by atomic mass is 32.2. The highest BCUT2D eigenvalue weighted by Gasteiger charge is 2.39. The summed E-state index contributed by atoms with van der Waals surface area (Å²) in [5.74, 6) is -0.263. The van der Waals surface area contributed by atoms with Gasteiger partial charge in [-0.2, -0.15) is 8.61 Å². The zero-order valence-electron chi connectivity index (χ0n) is 22.3. The Morgan fingerprint density at radius 3 is 2.29 bits per heavy atom. The Morgan fingerprint density at radius 2 is 1.63 bits per heavy atom. The first-order valence-corrected chi connectivity index (χ1v) is 16.8. The van der Waals surface area contributed by atoms with Crippen LogP contribution in [0.4, 0.5) is 0 Å². The van der Waals surface area contributed by atoms with E-state index in [1.54, 1.807) is 28.6 Å². The predicted octanol–water partition coefficient (Wildman–Crippen LogP) is 3.55. The van der Waals surface area contributed by atoms with Crippen molar-refractivity contribution < 1.29 is 21.6 Å². The van der Waals surface area contributed by atoms with Crippen molar-refractivity contribution in [1.82, 2.24) is 13.9 Å². The molecule has 2 saturated heterocycles. The molecule has 38 heavy (non-hydrogen) atoms. The molecule has 2 atom stereocenters. The number of unbranched alkanes of at least 4 members (excludes halogenated alkanes) is 2. The maximum absolute atomic E-state index is 13.5. The molecule has 2 aliphatic heterocycles. The minimum atomic E-state index is -3.41. The number of hydrogen-bond donors (Lipinski definition) is 1. The molecule has 2 aromatic carbocycles. The second-order valence-electron chi connectivity index (χ2n) is 10.7. The average molecular weight is 562 g/mol. The molecule has 0 saturated carbocycles. The van der Waals surface area contributed by atoms with Crippen LogP contribution in [0, 0.1) is 0 Å². The summed E-state index contributed by atoms with van der Waals surface area (Å²) < 4.78 is 52.9. The fourth-order valence-electron chi connectivity index (χ4n) is 5.23. The van der Waals surface area contributed by atoms with Crippen molar-refractivity contribution in [2.24, 2.45) is 0 Å². The zero-order chi connectivity index (χ0) is 27.3. The molecule has 10 heteroatoms. The van der Waals surface area contributed by atoms with E-state index in [2.05, 4.69) is 17.4 Å². The molecule has 2 aliphatic rings. The van der Waals surface area contributed by atoms with Crippen molar-refractivity contribution in [3.05, 3.63) is 71.3 Å².